The van der Waals surface area contributed by atoms with Crippen LogP contribution >= 0.6 is 0 Å². The molecule has 1 fully saturated rings. The molecule has 1 aliphatic rings. The molecule has 1 atom stereocenters. The monoisotopic (exact) mass is 291 g/mol. The SMILES string of the molecule is Cc1c(CNCC2CCN(C(C)C)C2)cccc1[N+](=O)[O-]. The first-order valence-corrected chi connectivity index (χ1v) is 7.66. The third kappa shape index (κ3) is 4.02. The van der Waals surface area contributed by atoms with Crippen LogP contribution in [-0.2, 0) is 6.54 Å². The quantitative estimate of drug-likeness (QED) is 0.647. The summed E-state index contributed by atoms with van der Waals surface area (Å²) in [4.78, 5) is 13.1. The summed E-state index contributed by atoms with van der Waals surface area (Å²) >= 11 is 0. The van der Waals surface area contributed by atoms with Crippen molar-refractivity contribution in [1.29, 1.82) is 0 Å². The number of nitrogens with one attached hydrogen (secondary N) is 1. The van der Waals surface area contributed by atoms with E-state index in [-0.39, 0.29) is 10.6 Å². The number of hydrogen-bond acceptors (Lipinski definition) is 4. The van der Waals surface area contributed by atoms with Gasteiger partial charge in [0, 0.05) is 30.8 Å². The van der Waals surface area contributed by atoms with E-state index in [1.807, 2.05) is 13.0 Å². The van der Waals surface area contributed by atoms with Gasteiger partial charge >= 0.3 is 0 Å². The van der Waals surface area contributed by atoms with E-state index in [2.05, 4.69) is 24.1 Å². The Hall–Kier alpha value is -1.46. The van der Waals surface area contributed by atoms with Gasteiger partial charge in [0.25, 0.3) is 5.69 Å². The zero-order valence-corrected chi connectivity index (χ0v) is 13.1. The molecule has 0 aromatic heterocycles. The molecule has 1 aliphatic heterocycles. The summed E-state index contributed by atoms with van der Waals surface area (Å²) < 4.78 is 0. The van der Waals surface area contributed by atoms with Crippen molar-refractivity contribution in [3.8, 4) is 0 Å². The van der Waals surface area contributed by atoms with Crippen LogP contribution in [0, 0.1) is 23.0 Å². The zero-order chi connectivity index (χ0) is 15.4. The highest BCUT2D eigenvalue weighted by Crippen LogP contribution is 2.21. The molecule has 116 valence electrons. The van der Waals surface area contributed by atoms with E-state index < -0.39 is 0 Å². The Bertz CT molecular complexity index is 502. The first kappa shape index (κ1) is 15.9. The van der Waals surface area contributed by atoms with Crippen LogP contribution in [0.5, 0.6) is 0 Å². The van der Waals surface area contributed by atoms with E-state index in [1.165, 1.54) is 13.0 Å². The largest absolute Gasteiger partial charge is 0.312 e. The highest BCUT2D eigenvalue weighted by atomic mass is 16.6. The lowest BCUT2D eigenvalue weighted by molar-refractivity contribution is -0.385. The fraction of sp³-hybridized carbons (Fsp3) is 0.625. The van der Waals surface area contributed by atoms with Crippen LogP contribution in [0.1, 0.15) is 31.4 Å². The summed E-state index contributed by atoms with van der Waals surface area (Å²) in [5, 5.41) is 14.4. The fourth-order valence-corrected chi connectivity index (χ4v) is 2.97. The Morgan fingerprint density at radius 3 is 2.86 bits per heavy atom. The van der Waals surface area contributed by atoms with Gasteiger partial charge in [0.1, 0.15) is 0 Å². The van der Waals surface area contributed by atoms with Crippen molar-refractivity contribution in [3.05, 3.63) is 39.4 Å². The molecule has 1 heterocycles. The molecule has 1 aromatic carbocycles. The van der Waals surface area contributed by atoms with E-state index in [1.54, 1.807) is 12.1 Å². The van der Waals surface area contributed by atoms with Crippen LogP contribution in [0.2, 0.25) is 0 Å². The average Bonchev–Trinajstić information content (AvgIpc) is 2.89. The van der Waals surface area contributed by atoms with Gasteiger partial charge in [-0.15, -0.1) is 0 Å². The summed E-state index contributed by atoms with van der Waals surface area (Å²) in [5.74, 6) is 0.686. The normalized spacial score (nSPS) is 19.3. The predicted molar refractivity (Wildman–Crippen MR) is 84.4 cm³/mol. The molecule has 0 aliphatic carbocycles. The number of nitro groups is 1. The lowest BCUT2D eigenvalue weighted by atomic mass is 10.1. The highest BCUT2D eigenvalue weighted by Gasteiger charge is 2.23. The summed E-state index contributed by atoms with van der Waals surface area (Å²) in [6.45, 7) is 10.3. The van der Waals surface area contributed by atoms with Crippen molar-refractivity contribution in [2.75, 3.05) is 19.6 Å². The maximum atomic E-state index is 10.9. The maximum absolute atomic E-state index is 10.9. The van der Waals surface area contributed by atoms with Gasteiger partial charge in [-0.1, -0.05) is 12.1 Å². The predicted octanol–water partition coefficient (Wildman–Crippen LogP) is 2.72. The second-order valence-electron chi connectivity index (χ2n) is 6.19. The molecule has 1 N–H and O–H groups in total. The molecule has 1 aromatic rings. The van der Waals surface area contributed by atoms with Gasteiger partial charge in [0.05, 0.1) is 4.92 Å². The van der Waals surface area contributed by atoms with E-state index in [4.69, 9.17) is 0 Å². The van der Waals surface area contributed by atoms with Crippen molar-refractivity contribution in [1.82, 2.24) is 10.2 Å². The number of hydrogen-bond donors (Lipinski definition) is 1. The Balaban J connectivity index is 1.85. The molecule has 21 heavy (non-hydrogen) atoms. The second kappa shape index (κ2) is 7.00. The number of benzene rings is 1. The van der Waals surface area contributed by atoms with Crippen molar-refractivity contribution >= 4 is 5.69 Å². The van der Waals surface area contributed by atoms with Crippen molar-refractivity contribution in [2.45, 2.75) is 39.8 Å². The minimum atomic E-state index is -0.309. The molecule has 0 saturated carbocycles. The minimum Gasteiger partial charge on any atom is -0.312 e. The molecule has 5 heteroatoms. The van der Waals surface area contributed by atoms with Crippen molar-refractivity contribution in [3.63, 3.8) is 0 Å². The average molecular weight is 291 g/mol. The standard InChI is InChI=1S/C16H25N3O2/c1-12(2)18-8-7-14(11-18)9-17-10-15-5-4-6-16(13(15)3)19(20)21/h4-6,12,14,17H,7-11H2,1-3H3. The summed E-state index contributed by atoms with van der Waals surface area (Å²) in [6, 6.07) is 5.91. The summed E-state index contributed by atoms with van der Waals surface area (Å²) in [7, 11) is 0. The van der Waals surface area contributed by atoms with E-state index >= 15 is 0 Å². The van der Waals surface area contributed by atoms with Crippen molar-refractivity contribution < 1.29 is 4.92 Å². The lowest BCUT2D eigenvalue weighted by Crippen LogP contribution is -2.30. The Morgan fingerprint density at radius 2 is 2.24 bits per heavy atom. The van der Waals surface area contributed by atoms with E-state index in [0.717, 1.165) is 24.2 Å². The molecular weight excluding hydrogens is 266 g/mol. The van der Waals surface area contributed by atoms with Crippen LogP contribution in [0.3, 0.4) is 0 Å². The maximum Gasteiger partial charge on any atom is 0.272 e. The van der Waals surface area contributed by atoms with Gasteiger partial charge < -0.3 is 10.2 Å². The number of likely N-dealkylation sites (tertiary alicyclic amines) is 1. The van der Waals surface area contributed by atoms with Crippen LogP contribution in [0.4, 0.5) is 5.69 Å². The number of nitrogens with zero attached hydrogens (tertiary/aromatic N) is 2. The third-order valence-corrected chi connectivity index (χ3v) is 4.41. The molecule has 1 unspecified atom stereocenters. The Labute approximate surface area is 126 Å². The van der Waals surface area contributed by atoms with Gasteiger partial charge in [-0.25, -0.2) is 0 Å². The molecule has 0 spiro atoms. The van der Waals surface area contributed by atoms with Crippen molar-refractivity contribution in [2.24, 2.45) is 5.92 Å². The molecule has 0 amide bonds. The number of nitro benzene ring substituents is 1. The highest BCUT2D eigenvalue weighted by molar-refractivity contribution is 5.44. The molecule has 1 saturated heterocycles. The zero-order valence-electron chi connectivity index (χ0n) is 13.1. The van der Waals surface area contributed by atoms with Crippen LogP contribution < -0.4 is 5.32 Å². The molecule has 0 bridgehead atoms. The molecular formula is C16H25N3O2. The minimum absolute atomic E-state index is 0.209. The van der Waals surface area contributed by atoms with Gasteiger partial charge in [0.2, 0.25) is 0 Å². The summed E-state index contributed by atoms with van der Waals surface area (Å²) in [6.07, 6.45) is 1.24. The smallest absolute Gasteiger partial charge is 0.272 e. The topological polar surface area (TPSA) is 58.4 Å². The first-order chi connectivity index (χ1) is 9.99. The Kier molecular flexibility index (Phi) is 5.31. The number of rotatable bonds is 6. The van der Waals surface area contributed by atoms with Gasteiger partial charge in [-0.05, 0) is 51.8 Å². The van der Waals surface area contributed by atoms with Crippen LogP contribution in [0.15, 0.2) is 18.2 Å². The molecule has 5 nitrogen and oxygen atoms in total. The molecule has 0 radical (unpaired) electrons. The van der Waals surface area contributed by atoms with Gasteiger partial charge in [-0.3, -0.25) is 10.1 Å². The van der Waals surface area contributed by atoms with E-state index in [9.17, 15) is 10.1 Å². The van der Waals surface area contributed by atoms with Crippen LogP contribution in [-0.4, -0.2) is 35.5 Å². The second-order valence-corrected chi connectivity index (χ2v) is 6.19. The van der Waals surface area contributed by atoms with Crippen LogP contribution in [0.25, 0.3) is 0 Å². The third-order valence-electron chi connectivity index (χ3n) is 4.41. The first-order valence-electron chi connectivity index (χ1n) is 7.66. The Morgan fingerprint density at radius 1 is 1.48 bits per heavy atom. The lowest BCUT2D eigenvalue weighted by Gasteiger charge is -2.20. The van der Waals surface area contributed by atoms with Gasteiger partial charge in [-0.2, -0.15) is 0 Å². The fourth-order valence-electron chi connectivity index (χ4n) is 2.97. The van der Waals surface area contributed by atoms with Gasteiger partial charge in [0.15, 0.2) is 0 Å². The summed E-state index contributed by atoms with van der Waals surface area (Å²) in [5.41, 5.74) is 1.99. The molecule has 2 rings (SSSR count). The van der Waals surface area contributed by atoms with E-state index in [0.29, 0.717) is 18.5 Å².